The summed E-state index contributed by atoms with van der Waals surface area (Å²) in [5, 5.41) is 9.64. The molecule has 0 aliphatic heterocycles. The van der Waals surface area contributed by atoms with Crippen molar-refractivity contribution in [1.82, 2.24) is 20.6 Å². The van der Waals surface area contributed by atoms with Crippen molar-refractivity contribution < 1.29 is 4.79 Å². The van der Waals surface area contributed by atoms with Gasteiger partial charge in [0.05, 0.1) is 0 Å². The number of carbonyl (C=O) groups excluding carboxylic acids is 1. The number of amides is 1. The number of aromatic amines is 2. The van der Waals surface area contributed by atoms with Crippen molar-refractivity contribution in [3.05, 3.63) is 38.7 Å². The number of H-pyrrole nitrogens is 2. The lowest BCUT2D eigenvalue weighted by molar-refractivity contribution is -0.121. The highest BCUT2D eigenvalue weighted by Crippen LogP contribution is 2.15. The van der Waals surface area contributed by atoms with Crippen LogP contribution in [0.25, 0.3) is 0 Å². The number of aromatic nitrogens is 3. The Morgan fingerprint density at radius 3 is 3.05 bits per heavy atom. The maximum Gasteiger partial charge on any atom is 0.342 e. The van der Waals surface area contributed by atoms with E-state index in [0.717, 1.165) is 19.3 Å². The molecule has 1 aliphatic carbocycles. The fraction of sp³-hybridized carbons (Fsp3) is 0.462. The minimum atomic E-state index is -0.667. The molecule has 0 aromatic carbocycles. The molecule has 0 fully saturated rings. The van der Waals surface area contributed by atoms with Crippen molar-refractivity contribution in [3.8, 4) is 0 Å². The highest BCUT2D eigenvalue weighted by molar-refractivity contribution is 5.77. The van der Waals surface area contributed by atoms with Gasteiger partial charge in [-0.05, 0) is 25.2 Å². The molecule has 0 unspecified atom stereocenters. The second kappa shape index (κ2) is 7.32. The molecule has 1 heterocycles. The molecule has 21 heavy (non-hydrogen) atoms. The SMILES string of the molecule is O=C(CCc1n[nH]c(=O)[nH]c1=O)N/N=C\[C@@H]1CC=CCC1. The van der Waals surface area contributed by atoms with Crippen LogP contribution in [-0.4, -0.2) is 27.3 Å². The van der Waals surface area contributed by atoms with Crippen LogP contribution in [-0.2, 0) is 11.2 Å². The molecule has 0 bridgehead atoms. The molecule has 8 nitrogen and oxygen atoms in total. The first-order chi connectivity index (χ1) is 10.1. The lowest BCUT2D eigenvalue weighted by Gasteiger charge is -2.11. The Kier molecular flexibility index (Phi) is 5.19. The summed E-state index contributed by atoms with van der Waals surface area (Å²) in [6.45, 7) is 0. The number of aryl methyl sites for hydroxylation is 1. The smallest absolute Gasteiger partial charge is 0.273 e. The van der Waals surface area contributed by atoms with Crippen molar-refractivity contribution in [2.24, 2.45) is 11.0 Å². The fourth-order valence-electron chi connectivity index (χ4n) is 2.00. The van der Waals surface area contributed by atoms with E-state index < -0.39 is 11.2 Å². The average molecular weight is 291 g/mol. The van der Waals surface area contributed by atoms with Crippen molar-refractivity contribution in [1.29, 1.82) is 0 Å². The van der Waals surface area contributed by atoms with E-state index in [0.29, 0.717) is 5.92 Å². The van der Waals surface area contributed by atoms with Crippen LogP contribution in [0.15, 0.2) is 26.8 Å². The first kappa shape index (κ1) is 14.9. The Hall–Kier alpha value is -2.51. The molecule has 0 saturated heterocycles. The van der Waals surface area contributed by atoms with Gasteiger partial charge in [-0.1, -0.05) is 12.2 Å². The third-order valence-corrected chi connectivity index (χ3v) is 3.15. The molecule has 1 aromatic rings. The van der Waals surface area contributed by atoms with Gasteiger partial charge in [-0.2, -0.15) is 10.2 Å². The zero-order chi connectivity index (χ0) is 15.1. The third kappa shape index (κ3) is 4.83. The first-order valence-electron chi connectivity index (χ1n) is 6.80. The summed E-state index contributed by atoms with van der Waals surface area (Å²) in [4.78, 5) is 35.8. The quantitative estimate of drug-likeness (QED) is 0.397. The molecular formula is C13H17N5O3. The van der Waals surface area contributed by atoms with Crippen molar-refractivity contribution in [3.63, 3.8) is 0 Å². The number of nitrogens with one attached hydrogen (secondary N) is 3. The van der Waals surface area contributed by atoms with E-state index in [9.17, 15) is 14.4 Å². The minimum Gasteiger partial charge on any atom is -0.273 e. The Balaban J connectivity index is 1.77. The lowest BCUT2D eigenvalue weighted by Crippen LogP contribution is -2.28. The summed E-state index contributed by atoms with van der Waals surface area (Å²) in [6.07, 6.45) is 9.21. The highest BCUT2D eigenvalue weighted by Gasteiger charge is 2.08. The molecule has 1 atom stereocenters. The number of hydrogen-bond acceptors (Lipinski definition) is 5. The lowest BCUT2D eigenvalue weighted by atomic mass is 9.96. The van der Waals surface area contributed by atoms with E-state index in [1.165, 1.54) is 0 Å². The van der Waals surface area contributed by atoms with Crippen LogP contribution in [0.4, 0.5) is 0 Å². The molecule has 0 saturated carbocycles. The van der Waals surface area contributed by atoms with Gasteiger partial charge in [-0.25, -0.2) is 15.3 Å². The molecule has 1 aromatic heterocycles. The zero-order valence-corrected chi connectivity index (χ0v) is 11.5. The number of hydrogen-bond donors (Lipinski definition) is 3. The normalized spacial score (nSPS) is 18.0. The molecule has 0 spiro atoms. The van der Waals surface area contributed by atoms with E-state index in [-0.39, 0.29) is 24.4 Å². The van der Waals surface area contributed by atoms with Gasteiger partial charge in [0.1, 0.15) is 5.69 Å². The topological polar surface area (TPSA) is 120 Å². The van der Waals surface area contributed by atoms with Gasteiger partial charge in [0.2, 0.25) is 5.91 Å². The number of nitrogens with zero attached hydrogens (tertiary/aromatic N) is 2. The molecule has 2 rings (SSSR count). The second-order valence-corrected chi connectivity index (χ2v) is 4.81. The van der Waals surface area contributed by atoms with E-state index in [1.54, 1.807) is 6.21 Å². The van der Waals surface area contributed by atoms with Crippen molar-refractivity contribution in [2.75, 3.05) is 0 Å². The van der Waals surface area contributed by atoms with Crippen LogP contribution in [0.1, 0.15) is 31.4 Å². The van der Waals surface area contributed by atoms with Crippen LogP contribution in [0.2, 0.25) is 0 Å². The summed E-state index contributed by atoms with van der Waals surface area (Å²) in [7, 11) is 0. The Morgan fingerprint density at radius 2 is 2.33 bits per heavy atom. The van der Waals surface area contributed by atoms with Gasteiger partial charge in [0.15, 0.2) is 0 Å². The maximum absolute atomic E-state index is 11.6. The average Bonchev–Trinajstić information content (AvgIpc) is 2.47. The van der Waals surface area contributed by atoms with Gasteiger partial charge in [0, 0.05) is 19.1 Å². The summed E-state index contributed by atoms with van der Waals surface area (Å²) in [6, 6.07) is 0. The Labute approximate surface area is 120 Å². The molecule has 1 amide bonds. The van der Waals surface area contributed by atoms with Gasteiger partial charge < -0.3 is 0 Å². The van der Waals surface area contributed by atoms with Crippen LogP contribution in [0.3, 0.4) is 0 Å². The Morgan fingerprint density at radius 1 is 1.48 bits per heavy atom. The standard InChI is InChI=1S/C13H17N5O3/c19-11(17-14-8-9-4-2-1-3-5-9)7-6-10-12(20)15-13(21)18-16-10/h1-2,8-9H,3-7H2,(H,17,19)(H2,15,18,20,21)/b14-8-/t9-/m1/s1. The summed E-state index contributed by atoms with van der Waals surface area (Å²) >= 11 is 0. The minimum absolute atomic E-state index is 0.0734. The summed E-state index contributed by atoms with van der Waals surface area (Å²) in [5.41, 5.74) is 1.30. The molecule has 3 N–H and O–H groups in total. The van der Waals surface area contributed by atoms with Crippen molar-refractivity contribution >= 4 is 12.1 Å². The second-order valence-electron chi connectivity index (χ2n) is 4.81. The molecule has 112 valence electrons. The number of hydrazone groups is 1. The van der Waals surface area contributed by atoms with Crippen LogP contribution in [0, 0.1) is 5.92 Å². The van der Waals surface area contributed by atoms with Gasteiger partial charge in [0.25, 0.3) is 5.56 Å². The molecule has 8 heteroatoms. The number of carbonyl (C=O) groups is 1. The van der Waals surface area contributed by atoms with Crippen LogP contribution < -0.4 is 16.7 Å². The zero-order valence-electron chi connectivity index (χ0n) is 11.5. The van der Waals surface area contributed by atoms with Gasteiger partial charge >= 0.3 is 5.69 Å². The predicted molar refractivity (Wildman–Crippen MR) is 76.9 cm³/mol. The van der Waals surface area contributed by atoms with Gasteiger partial charge in [-0.3, -0.25) is 14.6 Å². The van der Waals surface area contributed by atoms with Gasteiger partial charge in [-0.15, -0.1) is 0 Å². The van der Waals surface area contributed by atoms with Crippen LogP contribution >= 0.6 is 0 Å². The van der Waals surface area contributed by atoms with Crippen molar-refractivity contribution in [2.45, 2.75) is 32.1 Å². The molecule has 0 radical (unpaired) electrons. The van der Waals surface area contributed by atoms with E-state index in [1.807, 2.05) is 0 Å². The van der Waals surface area contributed by atoms with E-state index in [2.05, 4.69) is 37.9 Å². The maximum atomic E-state index is 11.6. The number of allylic oxidation sites excluding steroid dienone is 2. The largest absolute Gasteiger partial charge is 0.342 e. The number of rotatable bonds is 5. The Bertz CT molecular complexity index is 658. The van der Waals surface area contributed by atoms with Crippen LogP contribution in [0.5, 0.6) is 0 Å². The van der Waals surface area contributed by atoms with E-state index >= 15 is 0 Å². The summed E-state index contributed by atoms with van der Waals surface area (Å²) in [5.74, 6) is 0.0593. The fourth-order valence-corrected chi connectivity index (χ4v) is 2.00. The predicted octanol–water partition coefficient (Wildman–Crippen LogP) is -0.151. The summed E-state index contributed by atoms with van der Waals surface area (Å²) < 4.78 is 0. The first-order valence-corrected chi connectivity index (χ1v) is 6.80. The van der Waals surface area contributed by atoms with E-state index in [4.69, 9.17) is 0 Å². The third-order valence-electron chi connectivity index (χ3n) is 3.15. The monoisotopic (exact) mass is 291 g/mol. The molecular weight excluding hydrogens is 274 g/mol. The molecule has 1 aliphatic rings. The highest BCUT2D eigenvalue weighted by atomic mass is 16.2.